The molecule has 3 aliphatic rings. The first-order valence-corrected chi connectivity index (χ1v) is 43.1. The number of carbonyl (C=O) groups is 1. The molecule has 103 heavy (non-hydrogen) atoms. The van der Waals surface area contributed by atoms with E-state index in [1.54, 1.807) is 0 Å². The Morgan fingerprint density at radius 1 is 0.350 bits per heavy atom. The molecule has 0 aromatic heterocycles. The molecule has 3 aliphatic heterocycles. The Morgan fingerprint density at radius 3 is 0.990 bits per heavy atom. The zero-order chi connectivity index (χ0) is 74.6. The lowest BCUT2D eigenvalue weighted by Gasteiger charge is -2.48. The number of unbranched alkanes of at least 4 members (excludes halogenated alkanes) is 50. The summed E-state index contributed by atoms with van der Waals surface area (Å²) in [7, 11) is 0. The van der Waals surface area contributed by atoms with E-state index < -0.39 is 124 Å². The lowest BCUT2D eigenvalue weighted by molar-refractivity contribution is -0.379. The molecule has 17 unspecified atom stereocenters. The van der Waals surface area contributed by atoms with Crippen molar-refractivity contribution in [2.75, 3.05) is 26.4 Å². The first-order chi connectivity index (χ1) is 50.3. The van der Waals surface area contributed by atoms with Crippen LogP contribution < -0.4 is 5.32 Å². The van der Waals surface area contributed by atoms with E-state index in [0.29, 0.717) is 12.8 Å². The SMILES string of the molecule is CCCCCCC/C=C\C/C=C\CCCCCCCCCCCCCCCCCCCCCC(=O)NC(COC1OC(CO)C(OC2OC(CO)C(OC3OC(CO)C(O)C(O)C3O)C(O)C2O)C(O)C1O)C(O)CCCCCCCCCCCCCCCCCCCCCCCCCCCCC. The van der Waals surface area contributed by atoms with E-state index >= 15 is 0 Å². The van der Waals surface area contributed by atoms with Crippen molar-refractivity contribution in [2.45, 2.75) is 478 Å². The topological polar surface area (TPSA) is 307 Å². The van der Waals surface area contributed by atoms with Crippen LogP contribution in [-0.2, 0) is 33.2 Å². The fourth-order valence-electron chi connectivity index (χ4n) is 14.9. The molecule has 0 aliphatic carbocycles. The summed E-state index contributed by atoms with van der Waals surface area (Å²) in [4.78, 5) is 13.5. The van der Waals surface area contributed by atoms with Gasteiger partial charge in [-0.2, -0.15) is 0 Å². The van der Waals surface area contributed by atoms with E-state index in [0.717, 1.165) is 51.4 Å². The van der Waals surface area contributed by atoms with E-state index in [2.05, 4.69) is 43.5 Å². The lowest BCUT2D eigenvalue weighted by atomic mass is 9.96. The van der Waals surface area contributed by atoms with Gasteiger partial charge < -0.3 is 89.9 Å². The molecule has 608 valence electrons. The monoisotopic (exact) mass is 1470 g/mol. The first kappa shape index (κ1) is 95.5. The second-order valence-electron chi connectivity index (χ2n) is 31.0. The van der Waals surface area contributed by atoms with Gasteiger partial charge in [-0.1, -0.05) is 346 Å². The average molecular weight is 1470 g/mol. The van der Waals surface area contributed by atoms with Crippen molar-refractivity contribution in [3.05, 3.63) is 24.3 Å². The number of allylic oxidation sites excluding steroid dienone is 4. The van der Waals surface area contributed by atoms with E-state index in [9.17, 15) is 61.0 Å². The standard InChI is InChI=1S/C84H159NO18/c1-3-5-7-9-11-13-15-17-19-21-23-25-27-29-31-32-33-34-36-38-40-42-44-46-48-50-52-54-56-58-60-62-72(90)85-67(68(89)61-59-57-55-53-51-49-47-45-43-41-39-37-35-30-28-26-24-22-20-18-16-14-12-10-8-6-4-2)66-98-82-78(96)75(93)80(70(64-87)100-82)103-84-79(97)76(94)81(71(65-88)101-84)102-83-77(95)74(92)73(91)69(63-86)99-83/h15,17,21,23,67-71,73-84,86-89,91-97H,3-14,16,18-20,22,24-66H2,1-2H3,(H,85,90)/b17-15-,23-21-. The fourth-order valence-corrected chi connectivity index (χ4v) is 14.9. The molecule has 3 heterocycles. The van der Waals surface area contributed by atoms with Crippen molar-refractivity contribution >= 4 is 5.91 Å². The molecule has 3 fully saturated rings. The zero-order valence-electron chi connectivity index (χ0n) is 65.3. The predicted octanol–water partition coefficient (Wildman–Crippen LogP) is 15.3. The van der Waals surface area contributed by atoms with Crippen LogP contribution in [0.25, 0.3) is 0 Å². The van der Waals surface area contributed by atoms with Crippen LogP contribution in [0.4, 0.5) is 0 Å². The number of nitrogens with one attached hydrogen (secondary N) is 1. The predicted molar refractivity (Wildman–Crippen MR) is 411 cm³/mol. The Bertz CT molecular complexity index is 1950. The third-order valence-corrected chi connectivity index (χ3v) is 21.8. The summed E-state index contributed by atoms with van der Waals surface area (Å²) in [5.74, 6) is -0.234. The minimum atomic E-state index is -1.97. The highest BCUT2D eigenvalue weighted by Crippen LogP contribution is 2.34. The molecule has 19 nitrogen and oxygen atoms in total. The van der Waals surface area contributed by atoms with Crippen LogP contribution in [0.15, 0.2) is 24.3 Å². The number of rotatable bonds is 70. The molecule has 19 heteroatoms. The summed E-state index contributed by atoms with van der Waals surface area (Å²) < 4.78 is 34.6. The Kier molecular flexibility index (Phi) is 60.3. The third kappa shape index (κ3) is 44.6. The van der Waals surface area contributed by atoms with Crippen LogP contribution in [0, 0.1) is 0 Å². The fraction of sp³-hybridized carbons (Fsp3) is 0.940. The molecule has 3 saturated heterocycles. The lowest BCUT2D eigenvalue weighted by Crippen LogP contribution is -2.66. The number of hydrogen-bond donors (Lipinski definition) is 12. The maximum absolute atomic E-state index is 13.5. The second kappa shape index (κ2) is 65.0. The number of ether oxygens (including phenoxy) is 6. The van der Waals surface area contributed by atoms with E-state index in [1.807, 2.05) is 0 Å². The van der Waals surface area contributed by atoms with Gasteiger partial charge in [-0.3, -0.25) is 4.79 Å². The van der Waals surface area contributed by atoms with Crippen LogP contribution in [0.1, 0.15) is 373 Å². The number of aliphatic hydroxyl groups excluding tert-OH is 11. The second-order valence-corrected chi connectivity index (χ2v) is 31.0. The first-order valence-electron chi connectivity index (χ1n) is 43.1. The highest BCUT2D eigenvalue weighted by Gasteiger charge is 2.54. The van der Waals surface area contributed by atoms with Crippen molar-refractivity contribution in [1.29, 1.82) is 0 Å². The average Bonchev–Trinajstić information content (AvgIpc) is 0.781. The maximum Gasteiger partial charge on any atom is 0.220 e. The van der Waals surface area contributed by atoms with Gasteiger partial charge in [-0.15, -0.1) is 0 Å². The van der Waals surface area contributed by atoms with Gasteiger partial charge in [0.2, 0.25) is 5.91 Å². The smallest absolute Gasteiger partial charge is 0.220 e. The van der Waals surface area contributed by atoms with Gasteiger partial charge in [-0.25, -0.2) is 0 Å². The number of aliphatic hydroxyl groups is 11. The van der Waals surface area contributed by atoms with Crippen molar-refractivity contribution in [3.63, 3.8) is 0 Å². The maximum atomic E-state index is 13.5. The van der Waals surface area contributed by atoms with Crippen molar-refractivity contribution in [1.82, 2.24) is 5.32 Å². The molecule has 3 rings (SSSR count). The number of hydrogen-bond acceptors (Lipinski definition) is 18. The van der Waals surface area contributed by atoms with Gasteiger partial charge in [-0.05, 0) is 44.9 Å². The summed E-state index contributed by atoms with van der Waals surface area (Å²) in [6.07, 6.45) is 52.7. The van der Waals surface area contributed by atoms with Gasteiger partial charge in [0.15, 0.2) is 18.9 Å². The molecule has 0 aromatic rings. The van der Waals surface area contributed by atoms with E-state index in [4.69, 9.17) is 28.4 Å². The molecule has 0 radical (unpaired) electrons. The summed E-state index contributed by atoms with van der Waals surface area (Å²) in [5, 5.41) is 121. The van der Waals surface area contributed by atoms with Crippen LogP contribution >= 0.6 is 0 Å². The van der Waals surface area contributed by atoms with Crippen LogP contribution in [-0.4, -0.2) is 193 Å². The van der Waals surface area contributed by atoms with Gasteiger partial charge in [0.05, 0.1) is 38.6 Å². The van der Waals surface area contributed by atoms with E-state index in [-0.39, 0.29) is 18.9 Å². The van der Waals surface area contributed by atoms with Crippen molar-refractivity contribution in [2.24, 2.45) is 0 Å². The van der Waals surface area contributed by atoms with Gasteiger partial charge in [0.25, 0.3) is 0 Å². The summed E-state index contributed by atoms with van der Waals surface area (Å²) in [6.45, 7) is 1.86. The molecule has 0 bridgehead atoms. The molecule has 0 aromatic carbocycles. The van der Waals surface area contributed by atoms with Gasteiger partial charge >= 0.3 is 0 Å². The Morgan fingerprint density at radius 2 is 0.641 bits per heavy atom. The summed E-state index contributed by atoms with van der Waals surface area (Å²) in [6, 6.07) is -0.887. The molecule has 0 spiro atoms. The van der Waals surface area contributed by atoms with Crippen molar-refractivity contribution in [3.8, 4) is 0 Å². The molecule has 1 amide bonds. The Hall–Kier alpha value is -1.73. The minimum absolute atomic E-state index is 0.234. The van der Waals surface area contributed by atoms with Crippen molar-refractivity contribution < 1.29 is 89.4 Å². The Labute approximate surface area is 626 Å². The number of amides is 1. The molecular formula is C84H159NO18. The molecule has 12 N–H and O–H groups in total. The minimum Gasteiger partial charge on any atom is -0.394 e. The summed E-state index contributed by atoms with van der Waals surface area (Å²) >= 11 is 0. The normalized spacial score (nSPS) is 26.1. The van der Waals surface area contributed by atoms with Crippen LogP contribution in [0.3, 0.4) is 0 Å². The third-order valence-electron chi connectivity index (χ3n) is 21.8. The quantitative estimate of drug-likeness (QED) is 0.0199. The van der Waals surface area contributed by atoms with Gasteiger partial charge in [0, 0.05) is 6.42 Å². The van der Waals surface area contributed by atoms with Crippen LogP contribution in [0.2, 0.25) is 0 Å². The van der Waals surface area contributed by atoms with E-state index in [1.165, 1.54) is 289 Å². The number of carbonyl (C=O) groups excluding carboxylic acids is 1. The highest BCUT2D eigenvalue weighted by atomic mass is 16.8. The molecule has 17 atom stereocenters. The van der Waals surface area contributed by atoms with Crippen LogP contribution in [0.5, 0.6) is 0 Å². The summed E-state index contributed by atoms with van der Waals surface area (Å²) in [5.41, 5.74) is 0. The largest absolute Gasteiger partial charge is 0.394 e. The molecular weight excluding hydrogens is 1310 g/mol. The van der Waals surface area contributed by atoms with Gasteiger partial charge in [0.1, 0.15) is 73.2 Å². The zero-order valence-corrected chi connectivity index (χ0v) is 65.3. The molecule has 0 saturated carbocycles. The highest BCUT2D eigenvalue weighted by molar-refractivity contribution is 5.76. The Balaban J connectivity index is 1.34.